The maximum atomic E-state index is 11.4. The fraction of sp³-hybridized carbons (Fsp3) is 0.625. The maximum Gasteiger partial charge on any atom is 0.213 e. The van der Waals surface area contributed by atoms with Crippen LogP contribution in [0.4, 0.5) is 0 Å². The lowest BCUT2D eigenvalue weighted by atomic mass is 10.6. The summed E-state index contributed by atoms with van der Waals surface area (Å²) < 4.78 is 27.8. The molecule has 0 amide bonds. The van der Waals surface area contributed by atoms with Crippen LogP contribution in [-0.2, 0) is 16.6 Å². The zero-order chi connectivity index (χ0) is 11.5. The molecule has 0 aliphatic rings. The van der Waals surface area contributed by atoms with Gasteiger partial charge >= 0.3 is 0 Å². The van der Waals surface area contributed by atoms with Crippen LogP contribution in [0.25, 0.3) is 0 Å². The summed E-state index contributed by atoms with van der Waals surface area (Å²) in [5.74, 6) is 0. The predicted octanol–water partition coefficient (Wildman–Crippen LogP) is 0.973. The van der Waals surface area contributed by atoms with Crippen LogP contribution in [-0.4, -0.2) is 30.0 Å². The van der Waals surface area contributed by atoms with Gasteiger partial charge in [-0.2, -0.15) is 5.10 Å². The molecule has 7 heteroatoms. The smallest absolute Gasteiger partial charge is 0.213 e. The van der Waals surface area contributed by atoms with Gasteiger partial charge in [0.05, 0.1) is 22.5 Å². The molecule has 1 rings (SSSR count). The molecule has 0 saturated carbocycles. The average molecular weight is 296 g/mol. The van der Waals surface area contributed by atoms with Crippen molar-refractivity contribution in [2.24, 2.45) is 0 Å². The van der Waals surface area contributed by atoms with Gasteiger partial charge in [0.1, 0.15) is 0 Å². The van der Waals surface area contributed by atoms with E-state index in [0.717, 1.165) is 4.47 Å². The first-order valence-corrected chi connectivity index (χ1v) is 6.92. The van der Waals surface area contributed by atoms with E-state index in [9.17, 15) is 8.42 Å². The minimum absolute atomic E-state index is 0.356. The van der Waals surface area contributed by atoms with Crippen molar-refractivity contribution >= 4 is 26.0 Å². The van der Waals surface area contributed by atoms with Crippen molar-refractivity contribution in [2.75, 3.05) is 6.54 Å². The van der Waals surface area contributed by atoms with E-state index in [1.54, 1.807) is 30.9 Å². The largest absolute Gasteiger partial charge is 0.270 e. The van der Waals surface area contributed by atoms with Crippen molar-refractivity contribution in [1.29, 1.82) is 0 Å². The van der Waals surface area contributed by atoms with Gasteiger partial charge in [-0.1, -0.05) is 0 Å². The first-order chi connectivity index (χ1) is 6.92. The van der Waals surface area contributed by atoms with Crippen molar-refractivity contribution < 1.29 is 8.42 Å². The molecule has 1 N–H and O–H groups in total. The normalized spacial score (nSPS) is 12.3. The lowest BCUT2D eigenvalue weighted by Crippen LogP contribution is -2.33. The third-order valence-corrected chi connectivity index (χ3v) is 4.12. The Bertz CT molecular complexity index is 413. The summed E-state index contributed by atoms with van der Waals surface area (Å²) in [7, 11) is -3.16. The zero-order valence-corrected chi connectivity index (χ0v) is 11.0. The molecule has 0 saturated heterocycles. The van der Waals surface area contributed by atoms with Gasteiger partial charge < -0.3 is 0 Å². The van der Waals surface area contributed by atoms with E-state index >= 15 is 0 Å². The van der Waals surface area contributed by atoms with Crippen LogP contribution < -0.4 is 4.72 Å². The van der Waals surface area contributed by atoms with E-state index < -0.39 is 15.3 Å². The highest BCUT2D eigenvalue weighted by atomic mass is 79.9. The second kappa shape index (κ2) is 5.09. The van der Waals surface area contributed by atoms with E-state index in [-0.39, 0.29) is 0 Å². The Morgan fingerprint density at radius 1 is 1.60 bits per heavy atom. The number of rotatable bonds is 5. The van der Waals surface area contributed by atoms with Crippen LogP contribution in [0.15, 0.2) is 16.9 Å². The molecule has 0 aromatic carbocycles. The first kappa shape index (κ1) is 12.7. The van der Waals surface area contributed by atoms with Crippen molar-refractivity contribution in [1.82, 2.24) is 14.5 Å². The van der Waals surface area contributed by atoms with Crippen molar-refractivity contribution in [3.8, 4) is 0 Å². The molecule has 0 fully saturated rings. The Hall–Kier alpha value is -0.400. The van der Waals surface area contributed by atoms with E-state index in [1.165, 1.54) is 0 Å². The van der Waals surface area contributed by atoms with Crippen molar-refractivity contribution in [2.45, 2.75) is 25.6 Å². The van der Waals surface area contributed by atoms with Gasteiger partial charge in [0, 0.05) is 12.7 Å². The summed E-state index contributed by atoms with van der Waals surface area (Å²) in [5.41, 5.74) is 0. The highest BCUT2D eigenvalue weighted by molar-refractivity contribution is 9.10. The quantitative estimate of drug-likeness (QED) is 0.880. The van der Waals surface area contributed by atoms with Gasteiger partial charge in [-0.25, -0.2) is 13.1 Å². The Balaban J connectivity index is 2.40. The first-order valence-electron chi connectivity index (χ1n) is 4.58. The monoisotopic (exact) mass is 295 g/mol. The molecular weight excluding hydrogens is 282 g/mol. The van der Waals surface area contributed by atoms with Crippen LogP contribution in [0.2, 0.25) is 0 Å². The molecule has 0 aliphatic heterocycles. The summed E-state index contributed by atoms with van der Waals surface area (Å²) in [6.45, 7) is 4.17. The SMILES string of the molecule is CC(C)S(=O)(=O)NCCn1cc(Br)cn1. The third kappa shape index (κ3) is 3.92. The Kier molecular flexibility index (Phi) is 4.30. The van der Waals surface area contributed by atoms with Crippen molar-refractivity contribution in [3.05, 3.63) is 16.9 Å². The molecule has 1 aromatic rings. The lowest BCUT2D eigenvalue weighted by molar-refractivity contribution is 0.554. The predicted molar refractivity (Wildman–Crippen MR) is 62.0 cm³/mol. The van der Waals surface area contributed by atoms with Gasteiger partial charge in [-0.3, -0.25) is 4.68 Å². The third-order valence-electron chi connectivity index (χ3n) is 1.87. The molecule has 0 spiro atoms. The number of nitrogens with zero attached hydrogens (tertiary/aromatic N) is 2. The highest BCUT2D eigenvalue weighted by Crippen LogP contribution is 2.05. The maximum absolute atomic E-state index is 11.4. The number of aromatic nitrogens is 2. The Labute approximate surface area is 98.0 Å². The molecule has 1 heterocycles. The molecule has 5 nitrogen and oxygen atoms in total. The van der Waals surface area contributed by atoms with E-state index in [1.807, 2.05) is 0 Å². The second-order valence-electron chi connectivity index (χ2n) is 3.41. The number of hydrogen-bond acceptors (Lipinski definition) is 3. The molecule has 0 unspecified atom stereocenters. The summed E-state index contributed by atoms with van der Waals surface area (Å²) in [6.07, 6.45) is 3.46. The van der Waals surface area contributed by atoms with Gasteiger partial charge in [-0.05, 0) is 29.8 Å². The molecular formula is C8H14BrN3O2S. The number of hydrogen-bond donors (Lipinski definition) is 1. The second-order valence-corrected chi connectivity index (χ2v) is 6.65. The van der Waals surface area contributed by atoms with Gasteiger partial charge in [0.25, 0.3) is 0 Å². The molecule has 1 aromatic heterocycles. The molecule has 0 aliphatic carbocycles. The van der Waals surface area contributed by atoms with Gasteiger partial charge in [0.2, 0.25) is 10.0 Å². The van der Waals surface area contributed by atoms with Crippen LogP contribution in [0, 0.1) is 0 Å². The number of halogens is 1. The van der Waals surface area contributed by atoms with Crippen LogP contribution >= 0.6 is 15.9 Å². The molecule has 86 valence electrons. The summed E-state index contributed by atoms with van der Waals surface area (Å²) in [4.78, 5) is 0. The molecule has 0 bridgehead atoms. The standard InChI is InChI=1S/C8H14BrN3O2S/c1-7(2)15(13,14)11-3-4-12-6-8(9)5-10-12/h5-7,11H,3-4H2,1-2H3. The Morgan fingerprint density at radius 3 is 2.73 bits per heavy atom. The molecule has 0 radical (unpaired) electrons. The average Bonchev–Trinajstić information content (AvgIpc) is 2.51. The van der Waals surface area contributed by atoms with Crippen LogP contribution in [0.5, 0.6) is 0 Å². The summed E-state index contributed by atoms with van der Waals surface area (Å²) in [6, 6.07) is 0. The molecule has 0 atom stereocenters. The van der Waals surface area contributed by atoms with Gasteiger partial charge in [0.15, 0.2) is 0 Å². The van der Waals surface area contributed by atoms with Crippen molar-refractivity contribution in [3.63, 3.8) is 0 Å². The molecule has 15 heavy (non-hydrogen) atoms. The van der Waals surface area contributed by atoms with E-state index in [4.69, 9.17) is 0 Å². The minimum atomic E-state index is -3.16. The summed E-state index contributed by atoms with van der Waals surface area (Å²) >= 11 is 3.26. The fourth-order valence-corrected chi connectivity index (χ4v) is 1.97. The fourth-order valence-electron chi connectivity index (χ4n) is 0.930. The van der Waals surface area contributed by atoms with Gasteiger partial charge in [-0.15, -0.1) is 0 Å². The topological polar surface area (TPSA) is 64.0 Å². The zero-order valence-electron chi connectivity index (χ0n) is 8.64. The Morgan fingerprint density at radius 2 is 2.27 bits per heavy atom. The van der Waals surface area contributed by atoms with E-state index in [2.05, 4.69) is 25.8 Å². The summed E-state index contributed by atoms with van der Waals surface area (Å²) in [5, 5.41) is 3.61. The van der Waals surface area contributed by atoms with Crippen LogP contribution in [0.3, 0.4) is 0 Å². The lowest BCUT2D eigenvalue weighted by Gasteiger charge is -2.09. The number of sulfonamides is 1. The van der Waals surface area contributed by atoms with Crippen LogP contribution in [0.1, 0.15) is 13.8 Å². The highest BCUT2D eigenvalue weighted by Gasteiger charge is 2.14. The minimum Gasteiger partial charge on any atom is -0.270 e. The van der Waals surface area contributed by atoms with E-state index in [0.29, 0.717) is 13.1 Å². The number of nitrogens with one attached hydrogen (secondary N) is 1.